The molecule has 0 spiro atoms. The van der Waals surface area contributed by atoms with Gasteiger partial charge in [-0.2, -0.15) is 0 Å². The highest BCUT2D eigenvalue weighted by molar-refractivity contribution is 5.76. The van der Waals surface area contributed by atoms with E-state index in [0.717, 1.165) is 29.0 Å². The molecule has 0 aliphatic rings. The molecule has 4 nitrogen and oxygen atoms in total. The molecular formula is C28H30N2O2. The van der Waals surface area contributed by atoms with Crippen LogP contribution in [0.1, 0.15) is 49.2 Å². The molecule has 1 heterocycles. The third-order valence-corrected chi connectivity index (χ3v) is 5.62. The first-order chi connectivity index (χ1) is 15.6. The number of para-hydroxylation sites is 2. The molecule has 0 aliphatic heterocycles. The molecule has 0 saturated carbocycles. The number of hydrogen-bond acceptors (Lipinski definition) is 3. The number of benzene rings is 3. The second-order valence-corrected chi connectivity index (χ2v) is 8.20. The Labute approximate surface area is 190 Å². The van der Waals surface area contributed by atoms with E-state index in [-0.39, 0.29) is 0 Å². The van der Waals surface area contributed by atoms with Gasteiger partial charge in [-0.15, -0.1) is 0 Å². The smallest absolute Gasteiger partial charge is 0.161 e. The minimum absolute atomic E-state index is 0.359. The van der Waals surface area contributed by atoms with Crippen molar-refractivity contribution < 1.29 is 9.47 Å². The van der Waals surface area contributed by atoms with Crippen molar-refractivity contribution in [3.05, 3.63) is 95.3 Å². The second-order valence-electron chi connectivity index (χ2n) is 8.20. The minimum atomic E-state index is 0.359. The molecule has 0 atom stereocenters. The van der Waals surface area contributed by atoms with Crippen LogP contribution in [0.5, 0.6) is 11.5 Å². The Balaban J connectivity index is 1.62. The van der Waals surface area contributed by atoms with Crippen LogP contribution in [-0.4, -0.2) is 16.7 Å². The number of rotatable bonds is 8. The van der Waals surface area contributed by atoms with Gasteiger partial charge in [0.05, 0.1) is 18.1 Å². The minimum Gasteiger partial charge on any atom is -0.493 e. The number of fused-ring (bicyclic) bond motifs is 1. The lowest BCUT2D eigenvalue weighted by Gasteiger charge is -2.14. The summed E-state index contributed by atoms with van der Waals surface area (Å²) in [5.74, 6) is 2.84. The summed E-state index contributed by atoms with van der Waals surface area (Å²) in [7, 11) is 1.66. The second kappa shape index (κ2) is 9.73. The fourth-order valence-electron chi connectivity index (χ4n) is 3.84. The van der Waals surface area contributed by atoms with Gasteiger partial charge in [0.1, 0.15) is 12.4 Å². The Hall–Kier alpha value is -3.53. The maximum absolute atomic E-state index is 6.17. The van der Waals surface area contributed by atoms with Crippen molar-refractivity contribution in [2.45, 2.75) is 39.8 Å². The molecule has 4 aromatic rings. The summed E-state index contributed by atoms with van der Waals surface area (Å²) in [4.78, 5) is 4.86. The predicted molar refractivity (Wildman–Crippen MR) is 131 cm³/mol. The summed E-state index contributed by atoms with van der Waals surface area (Å²) in [6, 6.07) is 23.0. The lowest BCUT2D eigenvalue weighted by atomic mass is 10.0. The molecule has 0 N–H and O–H groups in total. The summed E-state index contributed by atoms with van der Waals surface area (Å²) in [6.45, 7) is 7.53. The van der Waals surface area contributed by atoms with Crippen LogP contribution in [0.2, 0.25) is 0 Å². The normalized spacial score (nSPS) is 11.5. The van der Waals surface area contributed by atoms with Crippen molar-refractivity contribution >= 4 is 17.1 Å². The van der Waals surface area contributed by atoms with Gasteiger partial charge in [0.25, 0.3) is 0 Å². The summed E-state index contributed by atoms with van der Waals surface area (Å²) in [5.41, 5.74) is 5.75. The van der Waals surface area contributed by atoms with Crippen molar-refractivity contribution in [2.75, 3.05) is 7.11 Å². The van der Waals surface area contributed by atoms with Gasteiger partial charge in [-0.3, -0.25) is 0 Å². The van der Waals surface area contributed by atoms with Gasteiger partial charge >= 0.3 is 0 Å². The van der Waals surface area contributed by atoms with Gasteiger partial charge in [0.2, 0.25) is 0 Å². The summed E-state index contributed by atoms with van der Waals surface area (Å²) in [6.07, 6.45) is 4.04. The largest absolute Gasteiger partial charge is 0.493 e. The van der Waals surface area contributed by atoms with Crippen molar-refractivity contribution in [3.8, 4) is 11.5 Å². The SMILES string of the molecule is C/C=C\c1ccc(OCc2nc3ccccc3n2Cc2ccc(C(C)C)cc2)c(OC)c1. The number of ether oxygens (including phenoxy) is 2. The van der Waals surface area contributed by atoms with Gasteiger partial charge < -0.3 is 14.0 Å². The summed E-state index contributed by atoms with van der Waals surface area (Å²) in [5, 5.41) is 0. The number of imidazole rings is 1. The highest BCUT2D eigenvalue weighted by Crippen LogP contribution is 2.30. The summed E-state index contributed by atoms with van der Waals surface area (Å²) >= 11 is 0. The van der Waals surface area contributed by atoms with Crippen molar-refractivity contribution in [2.24, 2.45) is 0 Å². The number of nitrogens with zero attached hydrogens (tertiary/aromatic N) is 2. The van der Waals surface area contributed by atoms with E-state index < -0.39 is 0 Å². The molecule has 164 valence electrons. The van der Waals surface area contributed by atoms with Crippen LogP contribution in [0, 0.1) is 0 Å². The first kappa shape index (κ1) is 21.7. The van der Waals surface area contributed by atoms with Gasteiger partial charge in [0, 0.05) is 6.54 Å². The predicted octanol–water partition coefficient (Wildman–Crippen LogP) is 6.83. The maximum Gasteiger partial charge on any atom is 0.161 e. The van der Waals surface area contributed by atoms with Crippen LogP contribution in [0.3, 0.4) is 0 Å². The molecule has 4 rings (SSSR count). The molecule has 0 amide bonds. The van der Waals surface area contributed by atoms with Gasteiger partial charge in [-0.25, -0.2) is 4.98 Å². The first-order valence-electron chi connectivity index (χ1n) is 11.1. The van der Waals surface area contributed by atoms with E-state index in [1.165, 1.54) is 11.1 Å². The van der Waals surface area contributed by atoms with E-state index in [2.05, 4.69) is 54.8 Å². The standard InChI is InChI=1S/C28H30N2O2/c1-5-8-21-13-16-26(27(17-21)31-4)32-19-28-29-24-9-6-7-10-25(24)30(28)18-22-11-14-23(15-12-22)20(2)3/h5-17,20H,18-19H2,1-4H3/b8-5-. The van der Waals surface area contributed by atoms with Crippen LogP contribution in [0.15, 0.2) is 72.8 Å². The fraction of sp³-hybridized carbons (Fsp3) is 0.250. The van der Waals surface area contributed by atoms with Gasteiger partial charge in [-0.1, -0.05) is 68.5 Å². The Morgan fingerprint density at radius 3 is 2.47 bits per heavy atom. The Morgan fingerprint density at radius 2 is 1.75 bits per heavy atom. The molecule has 0 unspecified atom stereocenters. The van der Waals surface area contributed by atoms with Crippen molar-refractivity contribution in [1.29, 1.82) is 0 Å². The van der Waals surface area contributed by atoms with Crippen LogP contribution in [-0.2, 0) is 13.2 Å². The molecule has 4 heteroatoms. The molecule has 0 saturated heterocycles. The zero-order chi connectivity index (χ0) is 22.5. The first-order valence-corrected chi connectivity index (χ1v) is 11.1. The molecule has 3 aromatic carbocycles. The van der Waals surface area contributed by atoms with Crippen LogP contribution >= 0.6 is 0 Å². The van der Waals surface area contributed by atoms with E-state index >= 15 is 0 Å². The Bertz CT molecular complexity index is 1220. The lowest BCUT2D eigenvalue weighted by Crippen LogP contribution is -2.09. The Kier molecular flexibility index (Phi) is 6.60. The highest BCUT2D eigenvalue weighted by Gasteiger charge is 2.13. The third kappa shape index (κ3) is 4.70. The van der Waals surface area contributed by atoms with E-state index in [0.29, 0.717) is 24.0 Å². The van der Waals surface area contributed by atoms with Crippen LogP contribution in [0.4, 0.5) is 0 Å². The molecular weight excluding hydrogens is 396 g/mol. The van der Waals surface area contributed by atoms with E-state index in [4.69, 9.17) is 14.5 Å². The fourth-order valence-corrected chi connectivity index (χ4v) is 3.84. The zero-order valence-electron chi connectivity index (χ0n) is 19.2. The topological polar surface area (TPSA) is 36.3 Å². The molecule has 32 heavy (non-hydrogen) atoms. The monoisotopic (exact) mass is 426 g/mol. The number of aromatic nitrogens is 2. The Morgan fingerprint density at radius 1 is 0.969 bits per heavy atom. The van der Waals surface area contributed by atoms with Crippen LogP contribution < -0.4 is 9.47 Å². The molecule has 0 fully saturated rings. The third-order valence-electron chi connectivity index (χ3n) is 5.62. The van der Waals surface area contributed by atoms with E-state index in [9.17, 15) is 0 Å². The lowest BCUT2D eigenvalue weighted by molar-refractivity contribution is 0.273. The van der Waals surface area contributed by atoms with Crippen LogP contribution in [0.25, 0.3) is 17.1 Å². The number of methoxy groups -OCH3 is 1. The van der Waals surface area contributed by atoms with Gasteiger partial charge in [-0.05, 0) is 53.8 Å². The molecule has 0 radical (unpaired) electrons. The summed E-state index contributed by atoms with van der Waals surface area (Å²) < 4.78 is 14.0. The zero-order valence-corrected chi connectivity index (χ0v) is 19.2. The van der Waals surface area contributed by atoms with Crippen molar-refractivity contribution in [3.63, 3.8) is 0 Å². The average molecular weight is 427 g/mol. The maximum atomic E-state index is 6.17. The van der Waals surface area contributed by atoms with Gasteiger partial charge in [0.15, 0.2) is 11.5 Å². The number of allylic oxidation sites excluding steroid dienone is 1. The van der Waals surface area contributed by atoms with E-state index in [1.807, 2.05) is 49.4 Å². The molecule has 0 bridgehead atoms. The molecule has 1 aromatic heterocycles. The molecule has 0 aliphatic carbocycles. The number of hydrogen-bond donors (Lipinski definition) is 0. The van der Waals surface area contributed by atoms with Crippen molar-refractivity contribution in [1.82, 2.24) is 9.55 Å². The van der Waals surface area contributed by atoms with E-state index in [1.54, 1.807) is 7.11 Å². The highest BCUT2D eigenvalue weighted by atomic mass is 16.5. The average Bonchev–Trinajstić information content (AvgIpc) is 3.16. The quantitative estimate of drug-likeness (QED) is 0.310.